The summed E-state index contributed by atoms with van der Waals surface area (Å²) in [5, 5.41) is 3.32. The SMILES string of the molecule is CNS(=O)(=O)CCNC(=O)C(Cc1ccccc1)c1ccc(Cl)cc1. The standard InChI is InChI=1S/C18H21ClN2O3S/c1-20-25(23,24)12-11-21-18(22)17(13-14-5-3-2-4-6-14)15-7-9-16(19)10-8-15/h2-10,17,20H,11-13H2,1H3,(H,21,22). The average molecular weight is 381 g/mol. The molecule has 134 valence electrons. The Morgan fingerprint density at radius 3 is 2.32 bits per heavy atom. The van der Waals surface area contributed by atoms with Crippen LogP contribution in [0.4, 0.5) is 0 Å². The van der Waals surface area contributed by atoms with E-state index in [0.29, 0.717) is 11.4 Å². The Balaban J connectivity index is 2.13. The van der Waals surface area contributed by atoms with Crippen LogP contribution >= 0.6 is 11.6 Å². The summed E-state index contributed by atoms with van der Waals surface area (Å²) in [6.45, 7) is 0.0564. The van der Waals surface area contributed by atoms with Gasteiger partial charge in [-0.1, -0.05) is 54.1 Å². The van der Waals surface area contributed by atoms with Crippen molar-refractivity contribution in [2.75, 3.05) is 19.3 Å². The third-order valence-corrected chi connectivity index (χ3v) is 5.47. The van der Waals surface area contributed by atoms with Crippen molar-refractivity contribution in [1.82, 2.24) is 10.0 Å². The molecule has 7 heteroatoms. The molecule has 0 fully saturated rings. The normalized spacial score (nSPS) is 12.6. The molecule has 0 aliphatic heterocycles. The van der Waals surface area contributed by atoms with E-state index in [1.54, 1.807) is 12.1 Å². The molecule has 1 atom stereocenters. The van der Waals surface area contributed by atoms with Gasteiger partial charge in [-0.3, -0.25) is 4.79 Å². The fourth-order valence-electron chi connectivity index (χ4n) is 2.44. The number of rotatable bonds is 8. The Bertz CT molecular complexity index is 793. The lowest BCUT2D eigenvalue weighted by Crippen LogP contribution is -2.36. The van der Waals surface area contributed by atoms with Crippen LogP contribution in [-0.4, -0.2) is 33.7 Å². The molecule has 2 N–H and O–H groups in total. The van der Waals surface area contributed by atoms with Crippen molar-refractivity contribution in [3.05, 3.63) is 70.7 Å². The van der Waals surface area contributed by atoms with Gasteiger partial charge in [0.05, 0.1) is 11.7 Å². The summed E-state index contributed by atoms with van der Waals surface area (Å²) in [6.07, 6.45) is 0.521. The van der Waals surface area contributed by atoms with Gasteiger partial charge in [-0.15, -0.1) is 0 Å². The molecule has 0 saturated heterocycles. The van der Waals surface area contributed by atoms with Crippen molar-refractivity contribution in [2.45, 2.75) is 12.3 Å². The number of amides is 1. The molecular formula is C18H21ClN2O3S. The van der Waals surface area contributed by atoms with E-state index in [0.717, 1.165) is 11.1 Å². The second-order valence-corrected chi connectivity index (χ2v) is 8.09. The molecule has 1 unspecified atom stereocenters. The highest BCUT2D eigenvalue weighted by Gasteiger charge is 2.21. The highest BCUT2D eigenvalue weighted by molar-refractivity contribution is 7.89. The maximum atomic E-state index is 12.6. The van der Waals surface area contributed by atoms with Crippen LogP contribution in [0.2, 0.25) is 5.02 Å². The first-order valence-corrected chi connectivity index (χ1v) is 9.92. The molecule has 0 spiro atoms. The zero-order chi connectivity index (χ0) is 18.3. The van der Waals surface area contributed by atoms with Crippen LogP contribution in [0, 0.1) is 0 Å². The predicted molar refractivity (Wildman–Crippen MR) is 100 cm³/mol. The third-order valence-electron chi connectivity index (χ3n) is 3.85. The van der Waals surface area contributed by atoms with Crippen LogP contribution in [0.3, 0.4) is 0 Å². The third kappa shape index (κ3) is 6.16. The lowest BCUT2D eigenvalue weighted by Gasteiger charge is -2.18. The monoisotopic (exact) mass is 380 g/mol. The molecule has 1 amide bonds. The Morgan fingerprint density at radius 1 is 1.08 bits per heavy atom. The minimum absolute atomic E-state index is 0.0564. The molecule has 5 nitrogen and oxygen atoms in total. The molecule has 0 aromatic heterocycles. The number of halogens is 1. The predicted octanol–water partition coefficient (Wildman–Crippen LogP) is 2.33. The van der Waals surface area contributed by atoms with Crippen molar-refractivity contribution >= 4 is 27.5 Å². The lowest BCUT2D eigenvalue weighted by molar-refractivity contribution is -0.122. The number of benzene rings is 2. The molecule has 2 rings (SSSR count). The van der Waals surface area contributed by atoms with Gasteiger partial charge in [0.25, 0.3) is 0 Å². The van der Waals surface area contributed by atoms with Crippen molar-refractivity contribution in [3.63, 3.8) is 0 Å². The van der Waals surface area contributed by atoms with E-state index in [2.05, 4.69) is 10.0 Å². The van der Waals surface area contributed by atoms with Crippen molar-refractivity contribution in [3.8, 4) is 0 Å². The zero-order valence-electron chi connectivity index (χ0n) is 13.9. The molecular weight excluding hydrogens is 360 g/mol. The number of hydrogen-bond acceptors (Lipinski definition) is 3. The first kappa shape index (κ1) is 19.4. The van der Waals surface area contributed by atoms with Crippen LogP contribution < -0.4 is 10.0 Å². The Labute approximate surface area is 153 Å². The van der Waals surface area contributed by atoms with Crippen molar-refractivity contribution in [1.29, 1.82) is 0 Å². The Kier molecular flexibility index (Phi) is 6.99. The topological polar surface area (TPSA) is 75.3 Å². The fourth-order valence-corrected chi connectivity index (χ4v) is 3.14. The zero-order valence-corrected chi connectivity index (χ0v) is 15.5. The summed E-state index contributed by atoms with van der Waals surface area (Å²) in [5.74, 6) is -0.789. The van der Waals surface area contributed by atoms with Gasteiger partial charge in [-0.25, -0.2) is 13.1 Å². The van der Waals surface area contributed by atoms with Crippen LogP contribution in [0.5, 0.6) is 0 Å². The maximum absolute atomic E-state index is 12.6. The number of hydrogen-bond donors (Lipinski definition) is 2. The van der Waals surface area contributed by atoms with Gasteiger partial charge in [-0.2, -0.15) is 0 Å². The summed E-state index contributed by atoms with van der Waals surface area (Å²) in [7, 11) is -2.00. The van der Waals surface area contributed by atoms with Crippen molar-refractivity contribution in [2.24, 2.45) is 0 Å². The van der Waals surface area contributed by atoms with E-state index >= 15 is 0 Å². The van der Waals surface area contributed by atoms with Crippen LogP contribution in [0.25, 0.3) is 0 Å². The molecule has 2 aromatic carbocycles. The van der Waals surface area contributed by atoms with Crippen LogP contribution in [0.15, 0.2) is 54.6 Å². The number of sulfonamides is 1. The lowest BCUT2D eigenvalue weighted by atomic mass is 9.91. The first-order valence-electron chi connectivity index (χ1n) is 7.89. The van der Waals surface area contributed by atoms with Crippen LogP contribution in [-0.2, 0) is 21.2 Å². The van der Waals surface area contributed by atoms with Gasteiger partial charge in [-0.05, 0) is 36.7 Å². The van der Waals surface area contributed by atoms with E-state index in [-0.39, 0.29) is 18.2 Å². The fraction of sp³-hybridized carbons (Fsp3) is 0.278. The Hall–Kier alpha value is -1.89. The summed E-state index contributed by atoms with van der Waals surface area (Å²) in [4.78, 5) is 12.6. The highest BCUT2D eigenvalue weighted by Crippen LogP contribution is 2.23. The average Bonchev–Trinajstić information content (AvgIpc) is 2.61. The first-order chi connectivity index (χ1) is 11.9. The van der Waals surface area contributed by atoms with Gasteiger partial charge in [0.15, 0.2) is 0 Å². The summed E-state index contributed by atoms with van der Waals surface area (Å²) in [5.41, 5.74) is 1.86. The second kappa shape index (κ2) is 8.99. The molecule has 0 saturated carbocycles. The van der Waals surface area contributed by atoms with Crippen LogP contribution in [0.1, 0.15) is 17.0 Å². The molecule has 0 radical (unpaired) electrons. The Morgan fingerprint density at radius 2 is 1.72 bits per heavy atom. The molecule has 25 heavy (non-hydrogen) atoms. The van der Waals surface area contributed by atoms with E-state index in [1.807, 2.05) is 42.5 Å². The number of carbonyl (C=O) groups excluding carboxylic acids is 1. The summed E-state index contributed by atoms with van der Waals surface area (Å²) >= 11 is 5.93. The van der Waals surface area contributed by atoms with E-state index in [1.165, 1.54) is 7.05 Å². The summed E-state index contributed by atoms with van der Waals surface area (Å²) in [6, 6.07) is 16.8. The van der Waals surface area contributed by atoms with E-state index in [9.17, 15) is 13.2 Å². The van der Waals surface area contributed by atoms with E-state index < -0.39 is 15.9 Å². The second-order valence-electron chi connectivity index (χ2n) is 5.61. The minimum Gasteiger partial charge on any atom is -0.354 e. The molecule has 0 heterocycles. The van der Waals surface area contributed by atoms with Gasteiger partial charge >= 0.3 is 0 Å². The molecule has 2 aromatic rings. The van der Waals surface area contributed by atoms with Gasteiger partial charge in [0, 0.05) is 11.6 Å². The largest absolute Gasteiger partial charge is 0.354 e. The smallest absolute Gasteiger partial charge is 0.227 e. The number of carbonyl (C=O) groups is 1. The van der Waals surface area contributed by atoms with E-state index in [4.69, 9.17) is 11.6 Å². The molecule has 0 aliphatic rings. The van der Waals surface area contributed by atoms with Crippen molar-refractivity contribution < 1.29 is 13.2 Å². The minimum atomic E-state index is -3.35. The van der Waals surface area contributed by atoms with Gasteiger partial charge < -0.3 is 5.32 Å². The maximum Gasteiger partial charge on any atom is 0.227 e. The van der Waals surface area contributed by atoms with Gasteiger partial charge in [0.2, 0.25) is 15.9 Å². The highest BCUT2D eigenvalue weighted by atomic mass is 35.5. The molecule has 0 bridgehead atoms. The summed E-state index contributed by atoms with van der Waals surface area (Å²) < 4.78 is 25.2. The van der Waals surface area contributed by atoms with Gasteiger partial charge in [0.1, 0.15) is 0 Å². The number of nitrogens with one attached hydrogen (secondary N) is 2. The quantitative estimate of drug-likeness (QED) is 0.738. The molecule has 0 aliphatic carbocycles.